The van der Waals surface area contributed by atoms with E-state index in [9.17, 15) is 4.79 Å². The normalized spacial score (nSPS) is 16.1. The molecular formula is C14H16N2O. The van der Waals surface area contributed by atoms with Crippen LogP contribution in [0.1, 0.15) is 18.4 Å². The molecule has 3 heteroatoms. The molecule has 1 aliphatic rings. The van der Waals surface area contributed by atoms with Crippen molar-refractivity contribution in [2.24, 2.45) is 7.05 Å². The number of carbonyl (C=O) groups is 1. The van der Waals surface area contributed by atoms with Gasteiger partial charge < -0.3 is 9.47 Å². The number of anilines is 1. The highest BCUT2D eigenvalue weighted by Gasteiger charge is 2.24. The molecule has 0 N–H and O–H groups in total. The van der Waals surface area contributed by atoms with Crippen LogP contribution in [-0.4, -0.2) is 17.0 Å². The molecule has 0 bridgehead atoms. The van der Waals surface area contributed by atoms with Gasteiger partial charge in [0.25, 0.3) is 0 Å². The first-order valence-electron chi connectivity index (χ1n) is 6.03. The van der Waals surface area contributed by atoms with Crippen LogP contribution in [0.4, 0.5) is 5.69 Å². The third-order valence-electron chi connectivity index (χ3n) is 3.49. The highest BCUT2D eigenvalue weighted by Crippen LogP contribution is 2.31. The molecule has 1 aromatic heterocycles. The number of hydrogen-bond acceptors (Lipinski definition) is 1. The number of benzene rings is 1. The molecule has 1 amide bonds. The van der Waals surface area contributed by atoms with Gasteiger partial charge in [0.2, 0.25) is 5.91 Å². The Morgan fingerprint density at radius 1 is 1.29 bits per heavy atom. The van der Waals surface area contributed by atoms with E-state index in [1.807, 2.05) is 11.9 Å². The van der Waals surface area contributed by atoms with Crippen molar-refractivity contribution in [1.82, 2.24) is 4.57 Å². The van der Waals surface area contributed by atoms with Gasteiger partial charge in [-0.2, -0.15) is 0 Å². The Morgan fingerprint density at radius 2 is 2.12 bits per heavy atom. The van der Waals surface area contributed by atoms with Gasteiger partial charge in [-0.05, 0) is 25.5 Å². The average Bonchev–Trinajstić information content (AvgIpc) is 2.83. The third-order valence-corrected chi connectivity index (χ3v) is 3.49. The predicted octanol–water partition coefficient (Wildman–Crippen LogP) is 2.61. The van der Waals surface area contributed by atoms with Crippen molar-refractivity contribution in [3.8, 4) is 0 Å². The number of nitrogens with zero attached hydrogens (tertiary/aromatic N) is 2. The SMILES string of the molecule is Cc1ccc2c(c1)c(N1CCCC1=O)cn2C. The molecule has 2 heterocycles. The smallest absolute Gasteiger partial charge is 0.227 e. The second-order valence-electron chi connectivity index (χ2n) is 4.79. The topological polar surface area (TPSA) is 25.2 Å². The monoisotopic (exact) mass is 228 g/mol. The molecule has 0 saturated carbocycles. The van der Waals surface area contributed by atoms with Crippen molar-refractivity contribution < 1.29 is 4.79 Å². The number of hydrogen-bond donors (Lipinski definition) is 0. The Labute approximate surface area is 101 Å². The van der Waals surface area contributed by atoms with Gasteiger partial charge in [0.15, 0.2) is 0 Å². The van der Waals surface area contributed by atoms with E-state index in [4.69, 9.17) is 0 Å². The first-order valence-corrected chi connectivity index (χ1v) is 6.03. The fourth-order valence-electron chi connectivity index (χ4n) is 2.60. The fraction of sp³-hybridized carbons (Fsp3) is 0.357. The third kappa shape index (κ3) is 1.54. The Morgan fingerprint density at radius 3 is 2.82 bits per heavy atom. The quantitative estimate of drug-likeness (QED) is 0.736. The van der Waals surface area contributed by atoms with Crippen LogP contribution in [0.2, 0.25) is 0 Å². The summed E-state index contributed by atoms with van der Waals surface area (Å²) in [6, 6.07) is 6.39. The molecule has 1 saturated heterocycles. The van der Waals surface area contributed by atoms with Crippen molar-refractivity contribution in [2.45, 2.75) is 19.8 Å². The lowest BCUT2D eigenvalue weighted by Crippen LogP contribution is -2.23. The molecule has 0 radical (unpaired) electrons. The minimum Gasteiger partial charge on any atom is -0.348 e. The lowest BCUT2D eigenvalue weighted by molar-refractivity contribution is -0.117. The van der Waals surface area contributed by atoms with Gasteiger partial charge in [0.1, 0.15) is 0 Å². The van der Waals surface area contributed by atoms with E-state index < -0.39 is 0 Å². The molecule has 1 aromatic carbocycles. The molecule has 17 heavy (non-hydrogen) atoms. The number of carbonyl (C=O) groups excluding carboxylic acids is 1. The summed E-state index contributed by atoms with van der Waals surface area (Å²) >= 11 is 0. The van der Waals surface area contributed by atoms with Crippen LogP contribution in [0, 0.1) is 6.92 Å². The second kappa shape index (κ2) is 3.62. The van der Waals surface area contributed by atoms with Crippen LogP contribution >= 0.6 is 0 Å². The van der Waals surface area contributed by atoms with Gasteiger partial charge in [-0.25, -0.2) is 0 Å². The molecule has 1 aliphatic heterocycles. The van der Waals surface area contributed by atoms with Crippen molar-refractivity contribution in [2.75, 3.05) is 11.4 Å². The van der Waals surface area contributed by atoms with E-state index in [1.54, 1.807) is 0 Å². The minimum absolute atomic E-state index is 0.249. The van der Waals surface area contributed by atoms with Crippen molar-refractivity contribution in [3.63, 3.8) is 0 Å². The van der Waals surface area contributed by atoms with Crippen LogP contribution in [0.15, 0.2) is 24.4 Å². The second-order valence-corrected chi connectivity index (χ2v) is 4.79. The van der Waals surface area contributed by atoms with Crippen LogP contribution in [0.5, 0.6) is 0 Å². The standard InChI is InChI=1S/C14H16N2O/c1-10-5-6-12-11(8-10)13(9-15(12)2)16-7-3-4-14(16)17/h5-6,8-9H,3-4,7H2,1-2H3. The largest absolute Gasteiger partial charge is 0.348 e. The Bertz CT molecular complexity index is 598. The van der Waals surface area contributed by atoms with E-state index in [-0.39, 0.29) is 5.91 Å². The van der Waals surface area contributed by atoms with Gasteiger partial charge in [-0.1, -0.05) is 11.6 Å². The van der Waals surface area contributed by atoms with E-state index >= 15 is 0 Å². The van der Waals surface area contributed by atoms with Crippen molar-refractivity contribution in [1.29, 1.82) is 0 Å². The minimum atomic E-state index is 0.249. The summed E-state index contributed by atoms with van der Waals surface area (Å²) in [7, 11) is 2.03. The molecule has 3 nitrogen and oxygen atoms in total. The summed E-state index contributed by atoms with van der Waals surface area (Å²) in [6.07, 6.45) is 3.72. The Hall–Kier alpha value is -1.77. The molecule has 0 atom stereocenters. The summed E-state index contributed by atoms with van der Waals surface area (Å²) in [4.78, 5) is 13.7. The number of aromatic nitrogens is 1. The predicted molar refractivity (Wildman–Crippen MR) is 69.2 cm³/mol. The highest BCUT2D eigenvalue weighted by atomic mass is 16.2. The maximum absolute atomic E-state index is 11.8. The van der Waals surface area contributed by atoms with E-state index in [2.05, 4.69) is 35.9 Å². The lowest BCUT2D eigenvalue weighted by Gasteiger charge is -2.14. The number of aryl methyl sites for hydroxylation is 2. The molecule has 3 rings (SSSR count). The zero-order valence-corrected chi connectivity index (χ0v) is 10.2. The average molecular weight is 228 g/mol. The fourth-order valence-corrected chi connectivity index (χ4v) is 2.60. The van der Waals surface area contributed by atoms with Crippen LogP contribution in [-0.2, 0) is 11.8 Å². The van der Waals surface area contributed by atoms with Gasteiger partial charge in [0.05, 0.1) is 5.69 Å². The highest BCUT2D eigenvalue weighted by molar-refractivity contribution is 6.04. The number of amides is 1. The van der Waals surface area contributed by atoms with Crippen molar-refractivity contribution in [3.05, 3.63) is 30.0 Å². The van der Waals surface area contributed by atoms with Crippen molar-refractivity contribution >= 4 is 22.5 Å². The first kappa shape index (κ1) is 10.4. The van der Waals surface area contributed by atoms with E-state index in [1.165, 1.54) is 16.5 Å². The zero-order chi connectivity index (χ0) is 12.0. The Balaban J connectivity index is 2.22. The van der Waals surface area contributed by atoms with Gasteiger partial charge in [-0.15, -0.1) is 0 Å². The van der Waals surface area contributed by atoms with Crippen LogP contribution in [0.25, 0.3) is 10.9 Å². The molecule has 0 spiro atoms. The molecule has 0 aliphatic carbocycles. The maximum Gasteiger partial charge on any atom is 0.227 e. The first-order chi connectivity index (χ1) is 8.16. The zero-order valence-electron chi connectivity index (χ0n) is 10.2. The molecule has 2 aromatic rings. The van der Waals surface area contributed by atoms with Gasteiger partial charge in [-0.3, -0.25) is 4.79 Å². The van der Waals surface area contributed by atoms with E-state index in [0.29, 0.717) is 6.42 Å². The van der Waals surface area contributed by atoms with E-state index in [0.717, 1.165) is 18.7 Å². The molecule has 0 unspecified atom stereocenters. The molecule has 88 valence electrons. The van der Waals surface area contributed by atoms with Crippen LogP contribution < -0.4 is 4.90 Å². The molecular weight excluding hydrogens is 212 g/mol. The summed E-state index contributed by atoms with van der Waals surface area (Å²) in [5.41, 5.74) is 3.48. The van der Waals surface area contributed by atoms with Crippen LogP contribution in [0.3, 0.4) is 0 Å². The number of rotatable bonds is 1. The summed E-state index contributed by atoms with van der Waals surface area (Å²) in [6.45, 7) is 2.94. The summed E-state index contributed by atoms with van der Waals surface area (Å²) < 4.78 is 2.09. The summed E-state index contributed by atoms with van der Waals surface area (Å²) in [5.74, 6) is 0.249. The lowest BCUT2D eigenvalue weighted by atomic mass is 10.1. The van der Waals surface area contributed by atoms with Gasteiger partial charge >= 0.3 is 0 Å². The number of fused-ring (bicyclic) bond motifs is 1. The van der Waals surface area contributed by atoms with Gasteiger partial charge in [0, 0.05) is 37.1 Å². The Kier molecular flexibility index (Phi) is 2.21. The summed E-state index contributed by atoms with van der Waals surface area (Å²) in [5, 5.41) is 1.18. The molecule has 1 fully saturated rings. The maximum atomic E-state index is 11.8.